The van der Waals surface area contributed by atoms with Crippen molar-refractivity contribution in [2.45, 2.75) is 51.4 Å². The first-order chi connectivity index (χ1) is 13.4. The number of nitro benzene ring substituents is 1. The quantitative estimate of drug-likeness (QED) is 0.568. The van der Waals surface area contributed by atoms with Crippen LogP contribution in [0.15, 0.2) is 24.3 Å². The standard InChI is InChI=1S/C20H30N4O4/c1-15-12-22(13-16(2)28-15)14-17-6-5-11-23(17)20(25)9-10-21-18-7-3-4-8-19(18)24(26)27/h3-4,7-8,15-17,21H,5-6,9-14H2,1-2H3/t15-,16-,17+/m1/s1. The van der Waals surface area contributed by atoms with E-state index >= 15 is 0 Å². The normalized spacial score (nSPS) is 25.6. The van der Waals surface area contributed by atoms with Crippen LogP contribution in [0, 0.1) is 10.1 Å². The van der Waals surface area contributed by atoms with Gasteiger partial charge in [-0.2, -0.15) is 0 Å². The number of para-hydroxylation sites is 2. The first-order valence-corrected chi connectivity index (χ1v) is 10.1. The summed E-state index contributed by atoms with van der Waals surface area (Å²) in [6.45, 7) is 8.07. The largest absolute Gasteiger partial charge is 0.379 e. The zero-order valence-electron chi connectivity index (χ0n) is 16.7. The van der Waals surface area contributed by atoms with Crippen LogP contribution in [-0.4, -0.2) is 71.6 Å². The third-order valence-electron chi connectivity index (χ3n) is 5.42. The van der Waals surface area contributed by atoms with Crippen LogP contribution in [0.25, 0.3) is 0 Å². The van der Waals surface area contributed by atoms with Crippen LogP contribution < -0.4 is 5.32 Å². The highest BCUT2D eigenvalue weighted by Crippen LogP contribution is 2.24. The molecule has 0 saturated carbocycles. The molecule has 8 heteroatoms. The maximum Gasteiger partial charge on any atom is 0.292 e. The summed E-state index contributed by atoms with van der Waals surface area (Å²) in [6.07, 6.45) is 2.84. The SMILES string of the molecule is C[C@@H]1CN(C[C@@H]2CCCN2C(=O)CCNc2ccccc2[N+](=O)[O-])C[C@@H](C)O1. The average molecular weight is 390 g/mol. The van der Waals surface area contributed by atoms with Gasteiger partial charge in [-0.05, 0) is 32.8 Å². The summed E-state index contributed by atoms with van der Waals surface area (Å²) in [5, 5.41) is 14.1. The van der Waals surface area contributed by atoms with E-state index < -0.39 is 4.92 Å². The molecule has 0 radical (unpaired) electrons. The van der Waals surface area contributed by atoms with Gasteiger partial charge in [0.2, 0.25) is 5.91 Å². The molecule has 154 valence electrons. The number of hydrogen-bond acceptors (Lipinski definition) is 6. The number of carbonyl (C=O) groups excluding carboxylic acids is 1. The first kappa shape index (κ1) is 20.5. The molecule has 0 spiro atoms. The van der Waals surface area contributed by atoms with E-state index in [1.165, 1.54) is 6.07 Å². The highest BCUT2D eigenvalue weighted by molar-refractivity contribution is 5.77. The van der Waals surface area contributed by atoms with E-state index in [0.29, 0.717) is 18.7 Å². The highest BCUT2D eigenvalue weighted by atomic mass is 16.6. The summed E-state index contributed by atoms with van der Waals surface area (Å²) in [5.74, 6) is 0.114. The second-order valence-electron chi connectivity index (χ2n) is 7.81. The van der Waals surface area contributed by atoms with Crippen molar-refractivity contribution < 1.29 is 14.5 Å². The molecule has 1 aromatic rings. The summed E-state index contributed by atoms with van der Waals surface area (Å²) in [5.41, 5.74) is 0.485. The van der Waals surface area contributed by atoms with E-state index in [1.54, 1.807) is 18.2 Å². The Morgan fingerprint density at radius 2 is 2.00 bits per heavy atom. The number of anilines is 1. The van der Waals surface area contributed by atoms with E-state index in [9.17, 15) is 14.9 Å². The molecule has 1 N–H and O–H groups in total. The van der Waals surface area contributed by atoms with Gasteiger partial charge in [0.05, 0.1) is 17.1 Å². The van der Waals surface area contributed by atoms with Crippen LogP contribution in [-0.2, 0) is 9.53 Å². The van der Waals surface area contributed by atoms with Gasteiger partial charge in [0.1, 0.15) is 5.69 Å². The Hall–Kier alpha value is -2.19. The second kappa shape index (κ2) is 9.34. The number of rotatable bonds is 7. The molecule has 0 aliphatic carbocycles. The van der Waals surface area contributed by atoms with Crippen LogP contribution in [0.3, 0.4) is 0 Å². The smallest absolute Gasteiger partial charge is 0.292 e. The number of ether oxygens (including phenoxy) is 1. The fourth-order valence-electron chi connectivity index (χ4n) is 4.32. The lowest BCUT2D eigenvalue weighted by Crippen LogP contribution is -2.51. The fourth-order valence-corrected chi connectivity index (χ4v) is 4.32. The minimum absolute atomic E-state index is 0.0320. The lowest BCUT2D eigenvalue weighted by Gasteiger charge is -2.38. The third kappa shape index (κ3) is 5.20. The number of nitro groups is 1. The number of amides is 1. The van der Waals surface area contributed by atoms with Crippen LogP contribution >= 0.6 is 0 Å². The molecule has 0 aromatic heterocycles. The van der Waals surface area contributed by atoms with E-state index in [2.05, 4.69) is 24.1 Å². The Morgan fingerprint density at radius 1 is 1.29 bits per heavy atom. The van der Waals surface area contributed by atoms with Crippen LogP contribution in [0.4, 0.5) is 11.4 Å². The molecule has 0 unspecified atom stereocenters. The number of morpholine rings is 1. The van der Waals surface area contributed by atoms with Crippen molar-refractivity contribution in [3.05, 3.63) is 34.4 Å². The Labute approximate surface area is 166 Å². The van der Waals surface area contributed by atoms with Gasteiger partial charge in [-0.3, -0.25) is 19.8 Å². The van der Waals surface area contributed by atoms with E-state index in [-0.39, 0.29) is 29.8 Å². The Kier molecular flexibility index (Phi) is 6.85. The predicted molar refractivity (Wildman–Crippen MR) is 107 cm³/mol. The van der Waals surface area contributed by atoms with Crippen molar-refractivity contribution in [1.29, 1.82) is 0 Å². The molecular formula is C20H30N4O4. The lowest BCUT2D eigenvalue weighted by atomic mass is 10.1. The second-order valence-corrected chi connectivity index (χ2v) is 7.81. The van der Waals surface area contributed by atoms with Crippen LogP contribution in [0.5, 0.6) is 0 Å². The molecule has 2 heterocycles. The van der Waals surface area contributed by atoms with Crippen molar-refractivity contribution in [2.24, 2.45) is 0 Å². The molecule has 3 atom stereocenters. The minimum Gasteiger partial charge on any atom is -0.379 e. The van der Waals surface area contributed by atoms with Gasteiger partial charge < -0.3 is 15.0 Å². The summed E-state index contributed by atoms with van der Waals surface area (Å²) in [7, 11) is 0. The molecule has 2 fully saturated rings. The van der Waals surface area contributed by atoms with Crippen molar-refractivity contribution >= 4 is 17.3 Å². The molecule has 3 rings (SSSR count). The number of likely N-dealkylation sites (tertiary alicyclic amines) is 1. The molecule has 2 aliphatic heterocycles. The fraction of sp³-hybridized carbons (Fsp3) is 0.650. The van der Waals surface area contributed by atoms with E-state index in [1.807, 2.05) is 4.90 Å². The number of carbonyl (C=O) groups is 1. The zero-order chi connectivity index (χ0) is 20.1. The molecular weight excluding hydrogens is 360 g/mol. The maximum atomic E-state index is 12.7. The molecule has 1 aromatic carbocycles. The van der Waals surface area contributed by atoms with Crippen molar-refractivity contribution in [1.82, 2.24) is 9.80 Å². The van der Waals surface area contributed by atoms with Gasteiger partial charge in [-0.1, -0.05) is 12.1 Å². The average Bonchev–Trinajstić information content (AvgIpc) is 3.09. The monoisotopic (exact) mass is 390 g/mol. The molecule has 8 nitrogen and oxygen atoms in total. The number of nitrogens with one attached hydrogen (secondary N) is 1. The topological polar surface area (TPSA) is 88.0 Å². The highest BCUT2D eigenvalue weighted by Gasteiger charge is 2.32. The molecule has 1 amide bonds. The Bertz CT molecular complexity index is 689. The predicted octanol–water partition coefficient (Wildman–Crippen LogP) is 2.50. The third-order valence-corrected chi connectivity index (χ3v) is 5.42. The minimum atomic E-state index is -0.412. The number of benzene rings is 1. The summed E-state index contributed by atoms with van der Waals surface area (Å²) in [6, 6.07) is 6.76. The van der Waals surface area contributed by atoms with Crippen LogP contribution in [0.1, 0.15) is 33.1 Å². The molecule has 2 saturated heterocycles. The summed E-state index contributed by atoms with van der Waals surface area (Å²) < 4.78 is 5.80. The van der Waals surface area contributed by atoms with Gasteiger partial charge in [-0.15, -0.1) is 0 Å². The van der Waals surface area contributed by atoms with Crippen molar-refractivity contribution in [2.75, 3.05) is 38.0 Å². The van der Waals surface area contributed by atoms with Crippen molar-refractivity contribution in [3.8, 4) is 0 Å². The molecule has 2 aliphatic rings. The zero-order valence-corrected chi connectivity index (χ0v) is 16.7. The van der Waals surface area contributed by atoms with Crippen LogP contribution in [0.2, 0.25) is 0 Å². The van der Waals surface area contributed by atoms with E-state index in [0.717, 1.165) is 39.0 Å². The molecule has 28 heavy (non-hydrogen) atoms. The summed E-state index contributed by atoms with van der Waals surface area (Å²) in [4.78, 5) is 27.8. The van der Waals surface area contributed by atoms with E-state index in [4.69, 9.17) is 4.74 Å². The summed E-state index contributed by atoms with van der Waals surface area (Å²) >= 11 is 0. The Balaban J connectivity index is 1.50. The lowest BCUT2D eigenvalue weighted by molar-refractivity contribution is -0.384. The van der Waals surface area contributed by atoms with Gasteiger partial charge in [-0.25, -0.2) is 0 Å². The number of nitrogens with zero attached hydrogens (tertiary/aromatic N) is 3. The number of hydrogen-bond donors (Lipinski definition) is 1. The Morgan fingerprint density at radius 3 is 2.71 bits per heavy atom. The van der Waals surface area contributed by atoms with Gasteiger partial charge in [0, 0.05) is 51.3 Å². The van der Waals surface area contributed by atoms with Crippen molar-refractivity contribution in [3.63, 3.8) is 0 Å². The van der Waals surface area contributed by atoms with Gasteiger partial charge in [0.15, 0.2) is 0 Å². The molecule has 0 bridgehead atoms. The van der Waals surface area contributed by atoms with Gasteiger partial charge >= 0.3 is 0 Å². The van der Waals surface area contributed by atoms with Gasteiger partial charge in [0.25, 0.3) is 5.69 Å². The first-order valence-electron chi connectivity index (χ1n) is 10.1. The maximum absolute atomic E-state index is 12.7.